The van der Waals surface area contributed by atoms with E-state index in [4.69, 9.17) is 0 Å². The van der Waals surface area contributed by atoms with Crippen molar-refractivity contribution in [2.24, 2.45) is 5.92 Å². The van der Waals surface area contributed by atoms with Gasteiger partial charge in [0.2, 0.25) is 11.8 Å². The number of nitrogens with zero attached hydrogens (tertiary/aromatic N) is 2. The van der Waals surface area contributed by atoms with Gasteiger partial charge in [-0.05, 0) is 25.7 Å². The Hall–Kier alpha value is -1.51. The fraction of sp³-hybridized carbons (Fsp3) is 0.875. The van der Waals surface area contributed by atoms with Crippen LogP contribution in [0.2, 0.25) is 0 Å². The van der Waals surface area contributed by atoms with Crippen molar-refractivity contribution in [3.63, 3.8) is 0 Å². The van der Waals surface area contributed by atoms with E-state index in [-0.39, 0.29) is 35.6 Å². The average Bonchev–Trinajstić information content (AvgIpc) is 2.73. The van der Waals surface area contributed by atoms with Gasteiger partial charge in [0.05, 0.1) is 12.6 Å². The molecule has 0 aromatic rings. The van der Waals surface area contributed by atoms with Crippen molar-refractivity contribution in [1.29, 1.82) is 0 Å². The summed E-state index contributed by atoms with van der Waals surface area (Å²) in [6.07, 6.45) is 4.07. The summed E-state index contributed by atoms with van der Waals surface area (Å²) < 4.78 is 0. The van der Waals surface area contributed by atoms with Gasteiger partial charge >= 0.3 is 0 Å². The Morgan fingerprint density at radius 2 is 1.47 bits per heavy atom. The number of hydrogen-bond donors (Lipinski definition) is 3. The molecule has 186 valence electrons. The third-order valence-electron chi connectivity index (χ3n) is 5.75. The Labute approximate surface area is 195 Å². The first kappa shape index (κ1) is 28.5. The molecule has 32 heavy (non-hydrogen) atoms. The first-order valence-corrected chi connectivity index (χ1v) is 12.5. The number of carbonyl (C=O) groups is 3. The predicted octanol–water partition coefficient (Wildman–Crippen LogP) is 1.40. The van der Waals surface area contributed by atoms with E-state index in [0.717, 1.165) is 58.4 Å². The monoisotopic (exact) mass is 453 g/mol. The fourth-order valence-electron chi connectivity index (χ4n) is 3.91. The zero-order valence-electron chi connectivity index (χ0n) is 21.0. The van der Waals surface area contributed by atoms with E-state index >= 15 is 0 Å². The van der Waals surface area contributed by atoms with Crippen LogP contribution in [0.4, 0.5) is 0 Å². The summed E-state index contributed by atoms with van der Waals surface area (Å²) in [7, 11) is 0. The number of piperazine rings is 1. The fourth-order valence-corrected chi connectivity index (χ4v) is 3.91. The summed E-state index contributed by atoms with van der Waals surface area (Å²) in [5, 5.41) is 9.35. The van der Waals surface area contributed by atoms with Crippen LogP contribution in [0, 0.1) is 5.92 Å². The lowest BCUT2D eigenvalue weighted by molar-refractivity contribution is -0.124. The Morgan fingerprint density at radius 3 is 2.06 bits per heavy atom. The second-order valence-corrected chi connectivity index (χ2v) is 9.49. The van der Waals surface area contributed by atoms with Crippen LogP contribution in [0.25, 0.3) is 0 Å². The van der Waals surface area contributed by atoms with E-state index in [1.54, 1.807) is 0 Å². The van der Waals surface area contributed by atoms with Crippen molar-refractivity contribution in [2.75, 3.05) is 52.4 Å². The highest BCUT2D eigenvalue weighted by Gasteiger charge is 2.21. The number of carbonyl (C=O) groups excluding carboxylic acids is 3. The molecule has 1 heterocycles. The standard InChI is InChI=1S/C24H47N5O3/c1-6-9-22(30)26-12-13-28-14-16-29(17-15-28)18-23(31)25-11-8-7-10-21(27-20(4)5)24(32)19(2)3/h19-21,27H,6-18H2,1-5H3,(H,25,31)(H,26,30)/t21-/m0/s1. The molecule has 1 rings (SSSR count). The summed E-state index contributed by atoms with van der Waals surface area (Å²) in [4.78, 5) is 40.6. The molecule has 1 aliphatic heterocycles. The summed E-state index contributed by atoms with van der Waals surface area (Å²) >= 11 is 0. The lowest BCUT2D eigenvalue weighted by Crippen LogP contribution is -2.50. The lowest BCUT2D eigenvalue weighted by atomic mass is 9.96. The number of hydrogen-bond acceptors (Lipinski definition) is 6. The molecule has 8 nitrogen and oxygen atoms in total. The Balaban J connectivity index is 2.15. The van der Waals surface area contributed by atoms with Crippen LogP contribution >= 0.6 is 0 Å². The van der Waals surface area contributed by atoms with Crippen molar-refractivity contribution in [1.82, 2.24) is 25.8 Å². The van der Waals surface area contributed by atoms with Gasteiger partial charge < -0.3 is 16.0 Å². The molecule has 3 N–H and O–H groups in total. The molecule has 0 saturated carbocycles. The third kappa shape index (κ3) is 12.5. The highest BCUT2D eigenvalue weighted by atomic mass is 16.2. The van der Waals surface area contributed by atoms with Crippen molar-refractivity contribution in [2.45, 2.75) is 78.8 Å². The van der Waals surface area contributed by atoms with Crippen LogP contribution in [-0.4, -0.2) is 91.8 Å². The highest BCUT2D eigenvalue weighted by Crippen LogP contribution is 2.09. The van der Waals surface area contributed by atoms with Crippen molar-refractivity contribution in [3.05, 3.63) is 0 Å². The minimum absolute atomic E-state index is 0.0335. The van der Waals surface area contributed by atoms with Gasteiger partial charge in [-0.1, -0.05) is 34.6 Å². The van der Waals surface area contributed by atoms with Crippen LogP contribution < -0.4 is 16.0 Å². The summed E-state index contributed by atoms with van der Waals surface area (Å²) in [5.74, 6) is 0.498. The van der Waals surface area contributed by atoms with Gasteiger partial charge in [-0.15, -0.1) is 0 Å². The minimum Gasteiger partial charge on any atom is -0.355 e. The number of rotatable bonds is 16. The second-order valence-electron chi connectivity index (χ2n) is 9.49. The van der Waals surface area contributed by atoms with Crippen LogP contribution in [0.15, 0.2) is 0 Å². The largest absolute Gasteiger partial charge is 0.355 e. The van der Waals surface area contributed by atoms with E-state index in [0.29, 0.717) is 26.1 Å². The van der Waals surface area contributed by atoms with Crippen LogP contribution in [0.5, 0.6) is 0 Å². The maximum atomic E-state index is 12.3. The normalized spacial score (nSPS) is 16.3. The van der Waals surface area contributed by atoms with Crippen LogP contribution in [0.1, 0.15) is 66.7 Å². The molecular weight excluding hydrogens is 406 g/mol. The van der Waals surface area contributed by atoms with E-state index in [2.05, 4.69) is 39.6 Å². The van der Waals surface area contributed by atoms with Crippen LogP contribution in [0.3, 0.4) is 0 Å². The smallest absolute Gasteiger partial charge is 0.234 e. The first-order chi connectivity index (χ1) is 15.2. The number of amides is 2. The molecule has 8 heteroatoms. The molecule has 1 atom stereocenters. The molecule has 1 aliphatic rings. The SMILES string of the molecule is CCCC(=O)NCCN1CCN(CC(=O)NCCCC[C@H](NC(C)C)C(=O)C(C)C)CC1. The van der Waals surface area contributed by atoms with Gasteiger partial charge in [0, 0.05) is 64.2 Å². The molecule has 0 aromatic heterocycles. The van der Waals surface area contributed by atoms with Crippen molar-refractivity contribution in [3.8, 4) is 0 Å². The molecule has 0 bridgehead atoms. The van der Waals surface area contributed by atoms with Crippen molar-refractivity contribution < 1.29 is 14.4 Å². The minimum atomic E-state index is -0.0954. The molecular formula is C24H47N5O3. The average molecular weight is 454 g/mol. The zero-order valence-corrected chi connectivity index (χ0v) is 21.0. The van der Waals surface area contributed by atoms with Gasteiger partial charge in [0.1, 0.15) is 0 Å². The summed E-state index contributed by atoms with van der Waals surface area (Å²) in [5.41, 5.74) is 0. The maximum absolute atomic E-state index is 12.3. The highest BCUT2D eigenvalue weighted by molar-refractivity contribution is 5.85. The molecule has 0 spiro atoms. The lowest BCUT2D eigenvalue weighted by Gasteiger charge is -2.34. The van der Waals surface area contributed by atoms with E-state index in [1.807, 2.05) is 20.8 Å². The maximum Gasteiger partial charge on any atom is 0.234 e. The first-order valence-electron chi connectivity index (χ1n) is 12.5. The summed E-state index contributed by atoms with van der Waals surface area (Å²) in [6, 6.07) is 0.185. The number of ketones is 1. The number of unbranched alkanes of at least 4 members (excludes halogenated alkanes) is 1. The van der Waals surface area contributed by atoms with Gasteiger partial charge in [-0.2, -0.15) is 0 Å². The molecule has 0 aliphatic carbocycles. The Kier molecular flexibility index (Phi) is 14.4. The van der Waals surface area contributed by atoms with Crippen molar-refractivity contribution >= 4 is 17.6 Å². The van der Waals surface area contributed by atoms with Gasteiger partial charge in [0.15, 0.2) is 5.78 Å². The molecule has 2 amide bonds. The molecule has 1 saturated heterocycles. The summed E-state index contributed by atoms with van der Waals surface area (Å²) in [6.45, 7) is 16.3. The Morgan fingerprint density at radius 1 is 0.844 bits per heavy atom. The van der Waals surface area contributed by atoms with E-state index < -0.39 is 0 Å². The quantitative estimate of drug-likeness (QED) is 0.306. The molecule has 1 fully saturated rings. The van der Waals surface area contributed by atoms with Crippen LogP contribution in [-0.2, 0) is 14.4 Å². The van der Waals surface area contributed by atoms with E-state index in [9.17, 15) is 14.4 Å². The second kappa shape index (κ2) is 16.2. The zero-order chi connectivity index (χ0) is 23.9. The van der Waals surface area contributed by atoms with E-state index in [1.165, 1.54) is 0 Å². The topological polar surface area (TPSA) is 93.8 Å². The number of Topliss-reactive ketones (excluding diaryl/α,β-unsaturated/α-hetero) is 1. The molecule has 0 unspecified atom stereocenters. The van der Waals surface area contributed by atoms with Gasteiger partial charge in [-0.25, -0.2) is 0 Å². The number of nitrogens with one attached hydrogen (secondary N) is 3. The van der Waals surface area contributed by atoms with Gasteiger partial charge in [-0.3, -0.25) is 24.2 Å². The molecule has 0 radical (unpaired) electrons. The predicted molar refractivity (Wildman–Crippen MR) is 130 cm³/mol. The molecule has 0 aromatic carbocycles. The Bertz CT molecular complexity index is 560. The third-order valence-corrected chi connectivity index (χ3v) is 5.75. The van der Waals surface area contributed by atoms with Gasteiger partial charge in [0.25, 0.3) is 0 Å².